The van der Waals surface area contributed by atoms with E-state index in [9.17, 15) is 9.90 Å². The van der Waals surface area contributed by atoms with Gasteiger partial charge in [0.25, 0.3) is 11.8 Å². The second-order valence-electron chi connectivity index (χ2n) is 6.42. The summed E-state index contributed by atoms with van der Waals surface area (Å²) in [6, 6.07) is 7.04. The first kappa shape index (κ1) is 16.6. The van der Waals surface area contributed by atoms with Crippen LogP contribution in [0, 0.1) is 0 Å². The molecule has 0 atom stereocenters. The molecule has 6 nitrogen and oxygen atoms in total. The molecule has 1 aromatic heterocycles. The quantitative estimate of drug-likeness (QED) is 0.815. The molecule has 1 amide bonds. The minimum absolute atomic E-state index is 0.203. The maximum atomic E-state index is 12.2. The van der Waals surface area contributed by atoms with Gasteiger partial charge in [0.05, 0.1) is 5.60 Å². The molecule has 1 aliphatic rings. The molecule has 0 aliphatic heterocycles. The minimum Gasteiger partial charge on any atom is -0.388 e. The van der Waals surface area contributed by atoms with E-state index >= 15 is 0 Å². The van der Waals surface area contributed by atoms with Crippen molar-refractivity contribution in [2.75, 3.05) is 6.54 Å². The van der Waals surface area contributed by atoms with Gasteiger partial charge in [-0.3, -0.25) is 4.79 Å². The number of aromatic nitrogens is 2. The van der Waals surface area contributed by atoms with Crippen molar-refractivity contribution in [1.29, 1.82) is 0 Å². The Hall–Kier alpha value is -2.21. The van der Waals surface area contributed by atoms with E-state index in [0.29, 0.717) is 30.2 Å². The molecule has 1 saturated carbocycles. The van der Waals surface area contributed by atoms with Crippen LogP contribution in [-0.4, -0.2) is 33.3 Å². The van der Waals surface area contributed by atoms with Gasteiger partial charge in [-0.15, -0.1) is 0 Å². The van der Waals surface area contributed by atoms with E-state index < -0.39 is 5.60 Å². The molecule has 3 rings (SSSR count). The maximum absolute atomic E-state index is 12.2. The summed E-state index contributed by atoms with van der Waals surface area (Å²) in [5.74, 6) is 1.50. The van der Waals surface area contributed by atoms with E-state index in [1.54, 1.807) is 24.3 Å². The van der Waals surface area contributed by atoms with Crippen molar-refractivity contribution in [3.05, 3.63) is 35.7 Å². The van der Waals surface area contributed by atoms with E-state index in [1.807, 2.05) is 13.8 Å². The molecule has 0 radical (unpaired) electrons. The van der Waals surface area contributed by atoms with E-state index in [1.165, 1.54) is 0 Å². The monoisotopic (exact) mass is 329 g/mol. The third-order valence-corrected chi connectivity index (χ3v) is 4.67. The number of rotatable bonds is 7. The summed E-state index contributed by atoms with van der Waals surface area (Å²) in [5.41, 5.74) is 0.485. The summed E-state index contributed by atoms with van der Waals surface area (Å²) >= 11 is 0. The molecule has 1 aliphatic carbocycles. The van der Waals surface area contributed by atoms with Gasteiger partial charge in [-0.05, 0) is 49.9 Å². The zero-order valence-corrected chi connectivity index (χ0v) is 14.1. The van der Waals surface area contributed by atoms with Gasteiger partial charge in [-0.2, -0.15) is 4.98 Å². The molecule has 6 heteroatoms. The second-order valence-corrected chi connectivity index (χ2v) is 6.42. The van der Waals surface area contributed by atoms with Gasteiger partial charge >= 0.3 is 0 Å². The first-order valence-corrected chi connectivity index (χ1v) is 8.49. The highest BCUT2D eigenvalue weighted by Crippen LogP contribution is 2.38. The molecule has 1 fully saturated rings. The van der Waals surface area contributed by atoms with Crippen LogP contribution in [0.1, 0.15) is 61.6 Å². The minimum atomic E-state index is -0.849. The average Bonchev–Trinajstić information content (AvgIpc) is 3.36. The van der Waals surface area contributed by atoms with Crippen molar-refractivity contribution in [2.24, 2.45) is 0 Å². The van der Waals surface area contributed by atoms with E-state index in [-0.39, 0.29) is 12.5 Å². The van der Waals surface area contributed by atoms with Crippen LogP contribution in [0.25, 0.3) is 11.5 Å². The molecular weight excluding hydrogens is 306 g/mol. The van der Waals surface area contributed by atoms with Gasteiger partial charge in [0.2, 0.25) is 0 Å². The maximum Gasteiger partial charge on any atom is 0.257 e. The second kappa shape index (κ2) is 6.73. The Balaban J connectivity index is 1.63. The Labute approximate surface area is 141 Å². The molecule has 0 saturated heterocycles. The zero-order valence-electron chi connectivity index (χ0n) is 14.1. The van der Waals surface area contributed by atoms with Crippen LogP contribution in [0.5, 0.6) is 0 Å². The lowest BCUT2D eigenvalue weighted by Gasteiger charge is -2.25. The molecule has 24 heavy (non-hydrogen) atoms. The van der Waals surface area contributed by atoms with Gasteiger partial charge in [0.15, 0.2) is 5.82 Å². The van der Waals surface area contributed by atoms with Crippen LogP contribution in [-0.2, 0) is 0 Å². The molecule has 2 aromatic rings. The fraction of sp³-hybridized carbons (Fsp3) is 0.500. The van der Waals surface area contributed by atoms with Crippen molar-refractivity contribution in [1.82, 2.24) is 15.5 Å². The van der Waals surface area contributed by atoms with Crippen molar-refractivity contribution >= 4 is 5.91 Å². The van der Waals surface area contributed by atoms with Gasteiger partial charge < -0.3 is 14.9 Å². The van der Waals surface area contributed by atoms with Crippen LogP contribution < -0.4 is 5.32 Å². The first-order chi connectivity index (χ1) is 11.5. The van der Waals surface area contributed by atoms with Gasteiger partial charge in [-0.25, -0.2) is 0 Å². The standard InChI is InChI=1S/C18H23N3O3/c1-3-18(23,4-2)11-19-16(22)13-7-9-14(10-8-13)17-20-15(21-24-17)12-5-6-12/h7-10,12,23H,3-6,11H2,1-2H3,(H,19,22). The summed E-state index contributed by atoms with van der Waals surface area (Å²) < 4.78 is 5.28. The number of hydrogen-bond acceptors (Lipinski definition) is 5. The number of carbonyl (C=O) groups excluding carboxylic acids is 1. The summed E-state index contributed by atoms with van der Waals surface area (Å²) in [5, 5.41) is 17.0. The van der Waals surface area contributed by atoms with Gasteiger partial charge in [0.1, 0.15) is 0 Å². The Morgan fingerprint density at radius 2 is 1.96 bits per heavy atom. The predicted molar refractivity (Wildman–Crippen MR) is 89.6 cm³/mol. The molecule has 0 bridgehead atoms. The van der Waals surface area contributed by atoms with Crippen LogP contribution in [0.2, 0.25) is 0 Å². The smallest absolute Gasteiger partial charge is 0.257 e. The van der Waals surface area contributed by atoms with E-state index in [4.69, 9.17) is 4.52 Å². The van der Waals surface area contributed by atoms with Gasteiger partial charge in [0, 0.05) is 23.6 Å². The van der Waals surface area contributed by atoms with Crippen molar-refractivity contribution < 1.29 is 14.4 Å². The Bertz CT molecular complexity index is 701. The molecule has 0 unspecified atom stereocenters. The first-order valence-electron chi connectivity index (χ1n) is 8.49. The number of nitrogens with one attached hydrogen (secondary N) is 1. The van der Waals surface area contributed by atoms with Crippen molar-refractivity contribution in [3.63, 3.8) is 0 Å². The normalized spacial score (nSPS) is 14.6. The number of nitrogens with zero attached hydrogens (tertiary/aromatic N) is 2. The highest BCUT2D eigenvalue weighted by atomic mass is 16.5. The van der Waals surface area contributed by atoms with Crippen LogP contribution in [0.15, 0.2) is 28.8 Å². The fourth-order valence-corrected chi connectivity index (χ4v) is 2.47. The number of benzene rings is 1. The fourth-order valence-electron chi connectivity index (χ4n) is 2.47. The molecular formula is C18H23N3O3. The lowest BCUT2D eigenvalue weighted by molar-refractivity contribution is 0.0314. The molecule has 1 heterocycles. The summed E-state index contributed by atoms with van der Waals surface area (Å²) in [4.78, 5) is 16.6. The zero-order chi connectivity index (χ0) is 17.2. The SMILES string of the molecule is CCC(O)(CC)CNC(=O)c1ccc(-c2nc(C3CC3)no2)cc1. The predicted octanol–water partition coefficient (Wildman–Crippen LogP) is 2.89. The lowest BCUT2D eigenvalue weighted by Crippen LogP contribution is -2.42. The largest absolute Gasteiger partial charge is 0.388 e. The van der Waals surface area contributed by atoms with E-state index in [0.717, 1.165) is 24.2 Å². The number of hydrogen-bond donors (Lipinski definition) is 2. The van der Waals surface area contributed by atoms with Crippen LogP contribution >= 0.6 is 0 Å². The number of amides is 1. The lowest BCUT2D eigenvalue weighted by atomic mass is 9.97. The molecule has 0 spiro atoms. The average molecular weight is 329 g/mol. The Morgan fingerprint density at radius 3 is 2.54 bits per heavy atom. The third kappa shape index (κ3) is 3.64. The van der Waals surface area contributed by atoms with Gasteiger partial charge in [-0.1, -0.05) is 19.0 Å². The van der Waals surface area contributed by atoms with Crippen molar-refractivity contribution in [3.8, 4) is 11.5 Å². The number of aliphatic hydroxyl groups is 1. The highest BCUT2D eigenvalue weighted by molar-refractivity contribution is 5.94. The Kier molecular flexibility index (Phi) is 4.66. The topological polar surface area (TPSA) is 88.2 Å². The summed E-state index contributed by atoms with van der Waals surface area (Å²) in [6.45, 7) is 4.06. The van der Waals surface area contributed by atoms with Crippen molar-refractivity contribution in [2.45, 2.75) is 51.0 Å². The summed E-state index contributed by atoms with van der Waals surface area (Å²) in [7, 11) is 0. The Morgan fingerprint density at radius 1 is 1.29 bits per heavy atom. The number of carbonyl (C=O) groups is 1. The molecule has 1 aromatic carbocycles. The molecule has 128 valence electrons. The van der Waals surface area contributed by atoms with Crippen LogP contribution in [0.3, 0.4) is 0 Å². The van der Waals surface area contributed by atoms with E-state index in [2.05, 4.69) is 15.5 Å². The van der Waals surface area contributed by atoms with Crippen LogP contribution in [0.4, 0.5) is 0 Å². The molecule has 2 N–H and O–H groups in total. The third-order valence-electron chi connectivity index (χ3n) is 4.67. The highest BCUT2D eigenvalue weighted by Gasteiger charge is 2.29. The summed E-state index contributed by atoms with van der Waals surface area (Å²) in [6.07, 6.45) is 3.45.